The van der Waals surface area contributed by atoms with E-state index in [9.17, 15) is 15.3 Å². The molecule has 118 valence electrons. The van der Waals surface area contributed by atoms with Crippen molar-refractivity contribution in [3.05, 3.63) is 52.0 Å². The normalized spacial score (nSPS) is 13.1. The SMILES string of the molecule is CC(C)(C)c1cc(C(O)c2ccc(Cl)cc2)c(O)c(N)c1O. The zero-order valence-electron chi connectivity index (χ0n) is 12.8. The molecule has 0 aliphatic heterocycles. The zero-order chi connectivity index (χ0) is 16.7. The van der Waals surface area contributed by atoms with Gasteiger partial charge in [-0.1, -0.05) is 44.5 Å². The molecule has 1 atom stereocenters. The minimum atomic E-state index is -1.07. The second-order valence-electron chi connectivity index (χ2n) is 6.33. The van der Waals surface area contributed by atoms with E-state index in [0.717, 1.165) is 0 Å². The van der Waals surface area contributed by atoms with Crippen molar-refractivity contribution in [1.29, 1.82) is 0 Å². The summed E-state index contributed by atoms with van der Waals surface area (Å²) in [6, 6.07) is 8.25. The van der Waals surface area contributed by atoms with Gasteiger partial charge in [0.05, 0.1) is 0 Å². The Kier molecular flexibility index (Phi) is 4.27. The first-order valence-electron chi connectivity index (χ1n) is 6.91. The minimum absolute atomic E-state index is 0.129. The first-order valence-corrected chi connectivity index (χ1v) is 7.29. The molecule has 0 saturated carbocycles. The van der Waals surface area contributed by atoms with Crippen LogP contribution in [0.1, 0.15) is 43.6 Å². The molecule has 2 aromatic rings. The second-order valence-corrected chi connectivity index (χ2v) is 6.76. The topological polar surface area (TPSA) is 86.7 Å². The first-order chi connectivity index (χ1) is 10.1. The molecular weight excluding hydrogens is 302 g/mol. The maximum atomic E-state index is 10.5. The molecule has 0 spiro atoms. The van der Waals surface area contributed by atoms with E-state index in [-0.39, 0.29) is 28.2 Å². The molecule has 1 unspecified atom stereocenters. The largest absolute Gasteiger partial charge is 0.505 e. The summed E-state index contributed by atoms with van der Waals surface area (Å²) in [6.45, 7) is 5.74. The van der Waals surface area contributed by atoms with Gasteiger partial charge in [0.15, 0.2) is 0 Å². The summed E-state index contributed by atoms with van der Waals surface area (Å²) >= 11 is 5.84. The van der Waals surface area contributed by atoms with Gasteiger partial charge in [-0.2, -0.15) is 0 Å². The predicted molar refractivity (Wildman–Crippen MR) is 88.4 cm³/mol. The van der Waals surface area contributed by atoms with Crippen LogP contribution in [0.3, 0.4) is 0 Å². The number of benzene rings is 2. The fraction of sp³-hybridized carbons (Fsp3) is 0.294. The van der Waals surface area contributed by atoms with Gasteiger partial charge in [-0.25, -0.2) is 0 Å². The Morgan fingerprint density at radius 1 is 1.05 bits per heavy atom. The lowest BCUT2D eigenvalue weighted by Crippen LogP contribution is -2.14. The predicted octanol–water partition coefficient (Wildman–Crippen LogP) is 3.71. The summed E-state index contributed by atoms with van der Waals surface area (Å²) in [5.74, 6) is -0.468. The lowest BCUT2D eigenvalue weighted by molar-refractivity contribution is 0.215. The van der Waals surface area contributed by atoms with E-state index in [1.54, 1.807) is 30.3 Å². The summed E-state index contributed by atoms with van der Waals surface area (Å²) in [7, 11) is 0. The number of phenolic OH excluding ortho intramolecular Hbond substituents is 2. The van der Waals surface area contributed by atoms with Crippen molar-refractivity contribution in [2.75, 3.05) is 5.73 Å². The van der Waals surface area contributed by atoms with Gasteiger partial charge in [0, 0.05) is 16.1 Å². The molecule has 0 bridgehead atoms. The molecule has 0 aliphatic rings. The van der Waals surface area contributed by atoms with Crippen LogP contribution in [0.5, 0.6) is 11.5 Å². The van der Waals surface area contributed by atoms with Gasteiger partial charge in [0.2, 0.25) is 0 Å². The van der Waals surface area contributed by atoms with Crippen LogP contribution < -0.4 is 5.73 Å². The van der Waals surface area contributed by atoms with Crippen molar-refractivity contribution in [3.8, 4) is 11.5 Å². The highest BCUT2D eigenvalue weighted by Crippen LogP contribution is 2.44. The molecular formula is C17H20ClNO3. The molecule has 5 heteroatoms. The van der Waals surface area contributed by atoms with Crippen LogP contribution in [-0.2, 0) is 5.41 Å². The number of phenols is 2. The monoisotopic (exact) mass is 321 g/mol. The van der Waals surface area contributed by atoms with E-state index >= 15 is 0 Å². The Morgan fingerprint density at radius 2 is 1.59 bits per heavy atom. The molecule has 0 saturated heterocycles. The molecule has 0 heterocycles. The Bertz CT molecular complexity index is 691. The van der Waals surface area contributed by atoms with Crippen LogP contribution in [0, 0.1) is 0 Å². The van der Waals surface area contributed by atoms with Crippen LogP contribution >= 0.6 is 11.6 Å². The fourth-order valence-corrected chi connectivity index (χ4v) is 2.44. The van der Waals surface area contributed by atoms with Crippen molar-refractivity contribution < 1.29 is 15.3 Å². The molecule has 0 amide bonds. The van der Waals surface area contributed by atoms with Gasteiger partial charge in [0.25, 0.3) is 0 Å². The van der Waals surface area contributed by atoms with Gasteiger partial charge in [0.1, 0.15) is 23.3 Å². The van der Waals surface area contributed by atoms with E-state index in [0.29, 0.717) is 16.1 Å². The number of aliphatic hydroxyl groups is 1. The molecule has 4 nitrogen and oxygen atoms in total. The van der Waals surface area contributed by atoms with Crippen LogP contribution in [0.15, 0.2) is 30.3 Å². The molecule has 0 radical (unpaired) electrons. The minimum Gasteiger partial charge on any atom is -0.505 e. The quantitative estimate of drug-likeness (QED) is 0.501. The first kappa shape index (κ1) is 16.5. The number of aliphatic hydroxyl groups excluding tert-OH is 1. The number of anilines is 1. The number of nitrogen functional groups attached to an aromatic ring is 1. The molecule has 0 aromatic heterocycles. The Balaban J connectivity index is 2.59. The van der Waals surface area contributed by atoms with Crippen LogP contribution in [-0.4, -0.2) is 15.3 Å². The van der Waals surface area contributed by atoms with Crippen LogP contribution in [0.25, 0.3) is 0 Å². The Hall–Kier alpha value is -1.91. The van der Waals surface area contributed by atoms with Crippen molar-refractivity contribution in [2.24, 2.45) is 0 Å². The summed E-state index contributed by atoms with van der Waals surface area (Å²) in [5, 5.41) is 31.4. The van der Waals surface area contributed by atoms with Crippen molar-refractivity contribution in [3.63, 3.8) is 0 Å². The third kappa shape index (κ3) is 2.98. The Morgan fingerprint density at radius 3 is 2.09 bits per heavy atom. The summed E-state index contributed by atoms with van der Waals surface area (Å²) in [4.78, 5) is 0. The van der Waals surface area contributed by atoms with E-state index < -0.39 is 6.10 Å². The van der Waals surface area contributed by atoms with E-state index in [4.69, 9.17) is 17.3 Å². The average molecular weight is 322 g/mol. The second kappa shape index (κ2) is 5.71. The number of aromatic hydroxyl groups is 2. The van der Waals surface area contributed by atoms with Gasteiger partial charge in [-0.3, -0.25) is 0 Å². The maximum absolute atomic E-state index is 10.5. The van der Waals surface area contributed by atoms with Crippen LogP contribution in [0.4, 0.5) is 5.69 Å². The van der Waals surface area contributed by atoms with Gasteiger partial charge in [-0.15, -0.1) is 0 Å². The van der Waals surface area contributed by atoms with E-state index in [2.05, 4.69) is 0 Å². The molecule has 2 aromatic carbocycles. The summed E-state index contributed by atoms with van der Waals surface area (Å²) in [6.07, 6.45) is -1.07. The standard InChI is InChI=1S/C17H20ClNO3/c1-17(2,3)12-8-11(15(21)13(19)16(12)22)14(20)9-4-6-10(18)7-5-9/h4-8,14,20-22H,19H2,1-3H3. The van der Waals surface area contributed by atoms with Gasteiger partial charge in [-0.05, 0) is 29.2 Å². The number of nitrogens with two attached hydrogens (primary N) is 1. The van der Waals surface area contributed by atoms with Crippen molar-refractivity contribution in [2.45, 2.75) is 32.3 Å². The Labute approximate surface area is 134 Å². The zero-order valence-corrected chi connectivity index (χ0v) is 13.5. The fourth-order valence-electron chi connectivity index (χ4n) is 2.31. The maximum Gasteiger partial charge on any atom is 0.148 e. The highest BCUT2D eigenvalue weighted by molar-refractivity contribution is 6.30. The summed E-state index contributed by atoms with van der Waals surface area (Å²) < 4.78 is 0. The summed E-state index contributed by atoms with van der Waals surface area (Å²) in [5.41, 5.74) is 6.66. The van der Waals surface area contributed by atoms with E-state index in [1.165, 1.54) is 0 Å². The highest BCUT2D eigenvalue weighted by Gasteiger charge is 2.26. The molecule has 0 aliphatic carbocycles. The number of halogens is 1. The third-order valence-electron chi connectivity index (χ3n) is 3.63. The highest BCUT2D eigenvalue weighted by atomic mass is 35.5. The molecule has 2 rings (SSSR count). The van der Waals surface area contributed by atoms with Gasteiger partial charge >= 0.3 is 0 Å². The van der Waals surface area contributed by atoms with Crippen LogP contribution in [0.2, 0.25) is 5.02 Å². The lowest BCUT2D eigenvalue weighted by atomic mass is 9.83. The average Bonchev–Trinajstić information content (AvgIpc) is 2.44. The molecule has 22 heavy (non-hydrogen) atoms. The smallest absolute Gasteiger partial charge is 0.148 e. The van der Waals surface area contributed by atoms with Crippen molar-refractivity contribution >= 4 is 17.3 Å². The van der Waals surface area contributed by atoms with Gasteiger partial charge < -0.3 is 21.1 Å². The molecule has 5 N–H and O–H groups in total. The number of hydrogen-bond donors (Lipinski definition) is 4. The number of hydrogen-bond acceptors (Lipinski definition) is 4. The number of rotatable bonds is 2. The van der Waals surface area contributed by atoms with E-state index in [1.807, 2.05) is 20.8 Å². The third-order valence-corrected chi connectivity index (χ3v) is 3.88. The molecule has 0 fully saturated rings. The lowest BCUT2D eigenvalue weighted by Gasteiger charge is -2.24. The van der Waals surface area contributed by atoms with Crippen molar-refractivity contribution in [1.82, 2.24) is 0 Å².